The molecule has 1 fully saturated rings. The van der Waals surface area contributed by atoms with Crippen molar-refractivity contribution in [2.45, 2.75) is 72.7 Å². The molecule has 1 saturated heterocycles. The monoisotopic (exact) mass is 556 g/mol. The van der Waals surface area contributed by atoms with E-state index in [1.54, 1.807) is 17.3 Å². The van der Waals surface area contributed by atoms with E-state index in [0.717, 1.165) is 28.7 Å². The van der Waals surface area contributed by atoms with E-state index in [-0.39, 0.29) is 17.8 Å². The number of hydrogen-bond donors (Lipinski definition) is 1. The minimum atomic E-state index is -0.753. The Balaban J connectivity index is 1.44. The summed E-state index contributed by atoms with van der Waals surface area (Å²) in [7, 11) is 0. The quantitative estimate of drug-likeness (QED) is 0.292. The molecular weight excluding hydrogens is 516 g/mol. The number of rotatable bonds is 12. The molecule has 0 bridgehead atoms. The van der Waals surface area contributed by atoms with Crippen LogP contribution < -0.4 is 10.1 Å². The summed E-state index contributed by atoms with van der Waals surface area (Å²) in [4.78, 5) is 46.6. The summed E-state index contributed by atoms with van der Waals surface area (Å²) >= 11 is 0. The van der Waals surface area contributed by atoms with Gasteiger partial charge in [-0.15, -0.1) is 0 Å². The molecule has 0 radical (unpaired) electrons. The number of urea groups is 1. The van der Waals surface area contributed by atoms with E-state index in [2.05, 4.69) is 10.3 Å². The summed E-state index contributed by atoms with van der Waals surface area (Å²) in [5.74, 6) is 0.312. The Hall–Kier alpha value is -4.20. The number of hydrogen-bond acceptors (Lipinski definition) is 5. The summed E-state index contributed by atoms with van der Waals surface area (Å²) in [6.45, 7) is 9.33. The van der Waals surface area contributed by atoms with Gasteiger partial charge < -0.3 is 15.0 Å². The molecule has 1 atom stereocenters. The molecule has 1 N–H and O–H groups in total. The van der Waals surface area contributed by atoms with Gasteiger partial charge in [0.1, 0.15) is 11.2 Å². The van der Waals surface area contributed by atoms with E-state index in [4.69, 9.17) is 4.74 Å². The summed E-state index contributed by atoms with van der Waals surface area (Å²) in [5, 5.41) is 2.93. The van der Waals surface area contributed by atoms with Crippen molar-refractivity contribution >= 4 is 17.8 Å². The van der Waals surface area contributed by atoms with Crippen molar-refractivity contribution in [3.63, 3.8) is 0 Å². The first-order valence-corrected chi connectivity index (χ1v) is 14.4. The van der Waals surface area contributed by atoms with Crippen molar-refractivity contribution in [3.05, 3.63) is 95.3 Å². The second-order valence-electron chi connectivity index (χ2n) is 10.7. The van der Waals surface area contributed by atoms with E-state index in [0.29, 0.717) is 44.6 Å². The van der Waals surface area contributed by atoms with Gasteiger partial charge in [0.05, 0.1) is 6.42 Å². The van der Waals surface area contributed by atoms with Gasteiger partial charge in [-0.2, -0.15) is 0 Å². The zero-order chi connectivity index (χ0) is 29.4. The average molecular weight is 557 g/mol. The van der Waals surface area contributed by atoms with Crippen LogP contribution in [0.1, 0.15) is 62.3 Å². The number of nitrogens with one attached hydrogen (secondary N) is 1. The molecule has 0 saturated carbocycles. The fourth-order valence-electron chi connectivity index (χ4n) is 5.23. The zero-order valence-corrected chi connectivity index (χ0v) is 24.4. The van der Waals surface area contributed by atoms with Gasteiger partial charge in [-0.05, 0) is 67.1 Å². The molecule has 1 aromatic heterocycles. The van der Waals surface area contributed by atoms with Crippen LogP contribution in [0.25, 0.3) is 0 Å². The highest BCUT2D eigenvalue weighted by molar-refractivity contribution is 6.03. The fraction of sp³-hybridized carbons (Fsp3) is 0.394. The largest absolute Gasteiger partial charge is 0.469 e. The number of amides is 4. The number of β-lactam (4-membered cyclic amide) rings is 1. The molecule has 1 aliphatic heterocycles. The third kappa shape index (κ3) is 6.76. The summed E-state index contributed by atoms with van der Waals surface area (Å²) in [5.41, 5.74) is 3.24. The van der Waals surface area contributed by atoms with Crippen molar-refractivity contribution in [2.75, 3.05) is 6.54 Å². The second kappa shape index (κ2) is 13.4. The van der Waals surface area contributed by atoms with E-state index >= 15 is 0 Å². The maximum absolute atomic E-state index is 13.8. The average Bonchev–Trinajstić information content (AvgIpc) is 2.98. The van der Waals surface area contributed by atoms with Crippen LogP contribution in [-0.4, -0.2) is 45.4 Å². The molecule has 0 spiro atoms. The number of imide groups is 1. The lowest BCUT2D eigenvalue weighted by molar-refractivity contribution is -0.192. The predicted octanol–water partition coefficient (Wildman–Crippen LogP) is 5.63. The number of ether oxygens (including phenoxy) is 1. The number of aromatic nitrogens is 1. The Kier molecular flexibility index (Phi) is 9.76. The number of carbonyl (C=O) groups excluding carboxylic acids is 3. The third-order valence-corrected chi connectivity index (χ3v) is 7.85. The summed E-state index contributed by atoms with van der Waals surface area (Å²) in [6, 6.07) is 18.8. The smallest absolute Gasteiger partial charge is 0.330 e. The molecule has 0 aliphatic carbocycles. The van der Waals surface area contributed by atoms with Crippen LogP contribution in [-0.2, 0) is 29.1 Å². The molecule has 4 amide bonds. The van der Waals surface area contributed by atoms with Crippen LogP contribution in [0, 0.1) is 12.3 Å². The van der Waals surface area contributed by atoms with E-state index in [9.17, 15) is 14.4 Å². The van der Waals surface area contributed by atoms with Crippen molar-refractivity contribution in [2.24, 2.45) is 5.41 Å². The molecule has 41 heavy (non-hydrogen) atoms. The molecule has 8 nitrogen and oxygen atoms in total. The van der Waals surface area contributed by atoms with Crippen LogP contribution in [0.5, 0.6) is 5.75 Å². The number of nitrogens with zero attached hydrogens (tertiary/aromatic N) is 3. The minimum absolute atomic E-state index is 0.0726. The normalized spacial score (nSPS) is 15.7. The topological polar surface area (TPSA) is 91.8 Å². The first-order valence-electron chi connectivity index (χ1n) is 14.4. The van der Waals surface area contributed by atoms with Gasteiger partial charge in [-0.25, -0.2) is 9.69 Å². The van der Waals surface area contributed by atoms with Crippen LogP contribution in [0.3, 0.4) is 0 Å². The lowest BCUT2D eigenvalue weighted by Gasteiger charge is -2.54. The molecule has 1 aliphatic rings. The highest BCUT2D eigenvalue weighted by atomic mass is 16.5. The Morgan fingerprint density at radius 2 is 1.56 bits per heavy atom. The standard InChI is InChI=1S/C33H40N4O4/c1-5-20-36(23-27-10-8-24(4)9-11-27)32(40)37-30(39)33(6-2,7-3)31(37)41-28-14-12-26(13-15-28)22-35-29(38)21-25-16-18-34-19-17-25/h8-19,31H,5-7,20-23H2,1-4H3,(H,35,38). The highest BCUT2D eigenvalue weighted by Crippen LogP contribution is 2.46. The third-order valence-electron chi connectivity index (χ3n) is 7.85. The minimum Gasteiger partial charge on any atom is -0.469 e. The molecule has 2 aromatic carbocycles. The lowest BCUT2D eigenvalue weighted by atomic mass is 9.72. The van der Waals surface area contributed by atoms with Crippen molar-refractivity contribution in [3.8, 4) is 5.75 Å². The predicted molar refractivity (Wildman–Crippen MR) is 158 cm³/mol. The van der Waals surface area contributed by atoms with Gasteiger partial charge in [-0.3, -0.25) is 14.6 Å². The first-order chi connectivity index (χ1) is 19.8. The number of benzene rings is 2. The van der Waals surface area contributed by atoms with Gasteiger partial charge in [-0.1, -0.05) is 62.7 Å². The number of pyridine rings is 1. The number of carbonyl (C=O) groups is 3. The van der Waals surface area contributed by atoms with Crippen LogP contribution >= 0.6 is 0 Å². The number of likely N-dealkylation sites (tertiary alicyclic amines) is 1. The first kappa shape index (κ1) is 29.8. The van der Waals surface area contributed by atoms with E-state index in [1.165, 1.54) is 4.90 Å². The fourth-order valence-corrected chi connectivity index (χ4v) is 5.23. The lowest BCUT2D eigenvalue weighted by Crippen LogP contribution is -2.73. The molecule has 4 rings (SSSR count). The van der Waals surface area contributed by atoms with Crippen molar-refractivity contribution in [1.82, 2.24) is 20.1 Å². The summed E-state index contributed by atoms with van der Waals surface area (Å²) < 4.78 is 6.37. The SMILES string of the molecule is CCCN(Cc1ccc(C)cc1)C(=O)N1C(=O)C(CC)(CC)C1Oc1ccc(CNC(=O)Cc2ccncc2)cc1. The molecule has 8 heteroatoms. The Bertz CT molecular complexity index is 1320. The highest BCUT2D eigenvalue weighted by Gasteiger charge is 2.63. The van der Waals surface area contributed by atoms with Gasteiger partial charge in [0.2, 0.25) is 11.8 Å². The maximum atomic E-state index is 13.8. The van der Waals surface area contributed by atoms with Gasteiger partial charge in [0, 0.05) is 32.0 Å². The van der Waals surface area contributed by atoms with Crippen LogP contribution in [0.15, 0.2) is 73.1 Å². The zero-order valence-electron chi connectivity index (χ0n) is 24.4. The van der Waals surface area contributed by atoms with Crippen LogP contribution in [0.4, 0.5) is 4.79 Å². The summed E-state index contributed by atoms with van der Waals surface area (Å²) in [6.07, 6.45) is 4.86. The number of aryl methyl sites for hydroxylation is 1. The molecule has 1 unspecified atom stereocenters. The molecular formula is C33H40N4O4. The van der Waals surface area contributed by atoms with Gasteiger partial charge in [0.15, 0.2) is 6.23 Å². The van der Waals surface area contributed by atoms with Gasteiger partial charge >= 0.3 is 6.03 Å². The van der Waals surface area contributed by atoms with E-state index < -0.39 is 11.6 Å². The maximum Gasteiger partial charge on any atom is 0.330 e. The Morgan fingerprint density at radius 1 is 0.927 bits per heavy atom. The second-order valence-corrected chi connectivity index (χ2v) is 10.7. The molecule has 216 valence electrons. The molecule has 2 heterocycles. The van der Waals surface area contributed by atoms with E-state index in [1.807, 2.05) is 88.4 Å². The Morgan fingerprint density at radius 3 is 2.17 bits per heavy atom. The van der Waals surface area contributed by atoms with Crippen molar-refractivity contribution < 1.29 is 19.1 Å². The Labute approximate surface area is 242 Å². The van der Waals surface area contributed by atoms with Crippen LogP contribution in [0.2, 0.25) is 0 Å². The van der Waals surface area contributed by atoms with Crippen molar-refractivity contribution in [1.29, 1.82) is 0 Å². The van der Waals surface area contributed by atoms with Gasteiger partial charge in [0.25, 0.3) is 0 Å². The molecule has 3 aromatic rings.